The minimum absolute atomic E-state index is 0.0360. The van der Waals surface area contributed by atoms with Gasteiger partial charge in [0.15, 0.2) is 0 Å². The van der Waals surface area contributed by atoms with E-state index in [2.05, 4.69) is 29.4 Å². The van der Waals surface area contributed by atoms with Gasteiger partial charge in [0.05, 0.1) is 15.5 Å². The summed E-state index contributed by atoms with van der Waals surface area (Å²) in [6.45, 7) is 10.8. The molecule has 27 heavy (non-hydrogen) atoms. The first-order chi connectivity index (χ1) is 12.7. The van der Waals surface area contributed by atoms with E-state index in [-0.39, 0.29) is 28.1 Å². The number of likely N-dealkylation sites (N-methyl/N-ethyl adjacent to an activating group) is 1. The third-order valence-corrected chi connectivity index (χ3v) is 4.58. The van der Waals surface area contributed by atoms with Crippen molar-refractivity contribution in [3.05, 3.63) is 38.9 Å². The van der Waals surface area contributed by atoms with E-state index < -0.39 is 16.9 Å². The van der Waals surface area contributed by atoms with Gasteiger partial charge in [-0.15, -0.1) is 0 Å². The van der Waals surface area contributed by atoms with E-state index in [9.17, 15) is 19.7 Å². The van der Waals surface area contributed by atoms with Crippen molar-refractivity contribution in [1.82, 2.24) is 15.5 Å². The van der Waals surface area contributed by atoms with E-state index in [4.69, 9.17) is 11.6 Å². The second-order valence-electron chi connectivity index (χ2n) is 6.43. The summed E-state index contributed by atoms with van der Waals surface area (Å²) in [5.74, 6) is -0.963. The Labute approximate surface area is 164 Å². The van der Waals surface area contributed by atoms with Crippen LogP contribution >= 0.6 is 11.6 Å². The molecule has 150 valence electrons. The molecular weight excluding hydrogens is 372 g/mol. The zero-order chi connectivity index (χ0) is 20.6. The van der Waals surface area contributed by atoms with Crippen LogP contribution in [-0.4, -0.2) is 53.9 Å². The van der Waals surface area contributed by atoms with Crippen LogP contribution in [-0.2, 0) is 4.79 Å². The van der Waals surface area contributed by atoms with Gasteiger partial charge in [-0.1, -0.05) is 39.3 Å². The second-order valence-corrected chi connectivity index (χ2v) is 6.84. The van der Waals surface area contributed by atoms with Crippen molar-refractivity contribution in [3.8, 4) is 0 Å². The van der Waals surface area contributed by atoms with E-state index >= 15 is 0 Å². The van der Waals surface area contributed by atoms with Gasteiger partial charge < -0.3 is 15.5 Å². The van der Waals surface area contributed by atoms with Gasteiger partial charge in [0.1, 0.15) is 6.04 Å². The Morgan fingerprint density at radius 1 is 1.26 bits per heavy atom. The lowest BCUT2D eigenvalue weighted by molar-refractivity contribution is -0.384. The van der Waals surface area contributed by atoms with Gasteiger partial charge in [-0.2, -0.15) is 0 Å². The fourth-order valence-electron chi connectivity index (χ4n) is 2.54. The molecule has 1 aromatic rings. The molecule has 1 rings (SSSR count). The van der Waals surface area contributed by atoms with E-state index in [1.54, 1.807) is 0 Å². The topological polar surface area (TPSA) is 105 Å². The lowest BCUT2D eigenvalue weighted by Crippen LogP contribution is -2.50. The summed E-state index contributed by atoms with van der Waals surface area (Å²) in [6.07, 6.45) is 0. The van der Waals surface area contributed by atoms with Crippen molar-refractivity contribution in [1.29, 1.82) is 0 Å². The lowest BCUT2D eigenvalue weighted by atomic mass is 10.0. The quantitative estimate of drug-likeness (QED) is 0.465. The number of nitro groups is 1. The molecule has 1 aromatic carbocycles. The van der Waals surface area contributed by atoms with E-state index in [1.807, 2.05) is 13.8 Å². The van der Waals surface area contributed by atoms with Crippen LogP contribution in [0.2, 0.25) is 5.02 Å². The smallest absolute Gasteiger partial charge is 0.270 e. The highest BCUT2D eigenvalue weighted by molar-refractivity contribution is 6.34. The van der Waals surface area contributed by atoms with Crippen molar-refractivity contribution in [2.45, 2.75) is 33.7 Å². The largest absolute Gasteiger partial charge is 0.353 e. The van der Waals surface area contributed by atoms with E-state index in [1.165, 1.54) is 12.1 Å². The molecule has 0 aromatic heterocycles. The maximum Gasteiger partial charge on any atom is 0.270 e. The summed E-state index contributed by atoms with van der Waals surface area (Å²) in [5.41, 5.74) is -0.116. The van der Waals surface area contributed by atoms with Gasteiger partial charge in [0, 0.05) is 25.2 Å². The summed E-state index contributed by atoms with van der Waals surface area (Å²) in [4.78, 5) is 37.3. The molecule has 0 heterocycles. The zero-order valence-electron chi connectivity index (χ0n) is 16.1. The molecular formula is C18H27ClN4O4. The van der Waals surface area contributed by atoms with Crippen molar-refractivity contribution < 1.29 is 14.5 Å². The van der Waals surface area contributed by atoms with Gasteiger partial charge in [-0.25, -0.2) is 0 Å². The highest BCUT2D eigenvalue weighted by Crippen LogP contribution is 2.22. The third-order valence-electron chi connectivity index (χ3n) is 4.27. The molecule has 0 saturated heterocycles. The first-order valence-electron chi connectivity index (χ1n) is 8.96. The Hall–Kier alpha value is -2.19. The summed E-state index contributed by atoms with van der Waals surface area (Å²) in [5, 5.41) is 16.2. The van der Waals surface area contributed by atoms with Gasteiger partial charge in [-0.05, 0) is 25.1 Å². The minimum Gasteiger partial charge on any atom is -0.353 e. The number of amides is 2. The molecule has 0 bridgehead atoms. The molecule has 0 aliphatic carbocycles. The standard InChI is InChI=1S/C18H27ClN4O4/c1-5-22(6-2)10-9-20-18(25)16(12(3)4)21-17(24)14-8-7-13(23(26)27)11-15(14)19/h7-8,11-12,16H,5-6,9-10H2,1-4H3,(H,20,25)(H,21,24). The number of nitrogens with one attached hydrogen (secondary N) is 2. The van der Waals surface area contributed by atoms with Crippen LogP contribution < -0.4 is 10.6 Å². The maximum atomic E-state index is 12.5. The third kappa shape index (κ3) is 6.80. The fraction of sp³-hybridized carbons (Fsp3) is 0.556. The van der Waals surface area contributed by atoms with Crippen molar-refractivity contribution in [3.63, 3.8) is 0 Å². The Morgan fingerprint density at radius 3 is 2.37 bits per heavy atom. The van der Waals surface area contributed by atoms with Gasteiger partial charge >= 0.3 is 0 Å². The SMILES string of the molecule is CCN(CC)CCNC(=O)C(NC(=O)c1ccc([N+](=O)[O-])cc1Cl)C(C)C. The molecule has 0 aliphatic heterocycles. The van der Waals surface area contributed by atoms with Gasteiger partial charge in [0.25, 0.3) is 11.6 Å². The number of hydrogen-bond donors (Lipinski definition) is 2. The second kappa shape index (κ2) is 10.8. The molecule has 0 saturated carbocycles. The molecule has 0 spiro atoms. The van der Waals surface area contributed by atoms with Crippen LogP contribution in [0.15, 0.2) is 18.2 Å². The number of hydrogen-bond acceptors (Lipinski definition) is 5. The van der Waals surface area contributed by atoms with Crippen LogP contribution in [0, 0.1) is 16.0 Å². The minimum atomic E-state index is -0.736. The Bertz CT molecular complexity index is 677. The summed E-state index contributed by atoms with van der Waals surface area (Å²) >= 11 is 5.99. The fourth-order valence-corrected chi connectivity index (χ4v) is 2.80. The number of rotatable bonds is 10. The Morgan fingerprint density at radius 2 is 1.89 bits per heavy atom. The van der Waals surface area contributed by atoms with Crippen LogP contribution in [0.5, 0.6) is 0 Å². The van der Waals surface area contributed by atoms with Crippen LogP contribution in [0.4, 0.5) is 5.69 Å². The first kappa shape index (κ1) is 22.9. The molecule has 1 unspecified atom stereocenters. The average molecular weight is 399 g/mol. The molecule has 9 heteroatoms. The summed E-state index contributed by atoms with van der Waals surface area (Å²) in [7, 11) is 0. The van der Waals surface area contributed by atoms with Crippen molar-refractivity contribution in [2.24, 2.45) is 5.92 Å². The average Bonchev–Trinajstić information content (AvgIpc) is 2.62. The van der Waals surface area contributed by atoms with Crippen LogP contribution in [0.3, 0.4) is 0 Å². The zero-order valence-corrected chi connectivity index (χ0v) is 16.9. The van der Waals surface area contributed by atoms with Crippen LogP contribution in [0.1, 0.15) is 38.1 Å². The lowest BCUT2D eigenvalue weighted by Gasteiger charge is -2.23. The monoisotopic (exact) mass is 398 g/mol. The molecule has 8 nitrogen and oxygen atoms in total. The predicted molar refractivity (Wildman–Crippen MR) is 105 cm³/mol. The maximum absolute atomic E-state index is 12.5. The van der Waals surface area contributed by atoms with Gasteiger partial charge in [0.2, 0.25) is 5.91 Å². The molecule has 0 radical (unpaired) electrons. The molecule has 2 amide bonds. The van der Waals surface area contributed by atoms with Crippen molar-refractivity contribution >= 4 is 29.1 Å². The number of carbonyl (C=O) groups is 2. The van der Waals surface area contributed by atoms with Crippen molar-refractivity contribution in [2.75, 3.05) is 26.2 Å². The van der Waals surface area contributed by atoms with Crippen LogP contribution in [0.25, 0.3) is 0 Å². The predicted octanol–water partition coefficient (Wildman–Crippen LogP) is 2.46. The molecule has 0 fully saturated rings. The van der Waals surface area contributed by atoms with Gasteiger partial charge in [-0.3, -0.25) is 19.7 Å². The normalized spacial score (nSPS) is 12.1. The molecule has 1 atom stereocenters. The summed E-state index contributed by atoms with van der Waals surface area (Å²) < 4.78 is 0. The molecule has 0 aliphatic rings. The highest BCUT2D eigenvalue weighted by atomic mass is 35.5. The number of halogens is 1. The first-order valence-corrected chi connectivity index (χ1v) is 9.33. The molecule has 2 N–H and O–H groups in total. The highest BCUT2D eigenvalue weighted by Gasteiger charge is 2.25. The Kier molecular flexibility index (Phi) is 9.17. The number of nitro benzene ring substituents is 1. The van der Waals surface area contributed by atoms with E-state index in [0.717, 1.165) is 25.7 Å². The number of nitrogens with zero attached hydrogens (tertiary/aromatic N) is 2. The van der Waals surface area contributed by atoms with E-state index in [0.29, 0.717) is 6.54 Å². The number of benzene rings is 1. The number of carbonyl (C=O) groups excluding carboxylic acids is 2. The number of non-ortho nitro benzene ring substituents is 1. The Balaban J connectivity index is 2.77. The summed E-state index contributed by atoms with van der Waals surface area (Å²) in [6, 6.07) is 2.87.